The first kappa shape index (κ1) is 112. The summed E-state index contributed by atoms with van der Waals surface area (Å²) in [6.45, 7) is 0. The van der Waals surface area contributed by atoms with Crippen molar-refractivity contribution in [2.45, 2.75) is 559 Å². The summed E-state index contributed by atoms with van der Waals surface area (Å²) in [5, 5.41) is 152. The molecule has 23 atom stereocenters. The summed E-state index contributed by atoms with van der Waals surface area (Å²) in [6.07, 6.45) is 74.1. The fourth-order valence-electron chi connectivity index (χ4n) is 27.9. The summed E-state index contributed by atoms with van der Waals surface area (Å²) < 4.78 is 27.1. The van der Waals surface area contributed by atoms with Crippen LogP contribution in [0.1, 0.15) is 437 Å². The Morgan fingerprint density at radius 2 is 0.372 bits per heavy atom. The SMILES string of the molecule is COC1CC(O)CCC1C(O)C1CCCCC1.COC1CCC(C(O)C2CCCCC2)C(O)C1.COC1CCC(C(O)C2CCCCC2)CC1.COC1CCC(C(O)C2CCCCC2O)CC1.COC1CCCCC1C(O)C1CCCCC1.OC1CCC(C(O)C2CCCCC2)C(O)C1.OC1CCC(C(O)C2CCCCC2)CC1.OC1CCCCC1C(O)C1CCCCC1. The maximum atomic E-state index is 10.5. The third kappa shape index (κ3) is 37.3. The molecule has 0 spiro atoms. The molecule has 0 aromatic rings. The Hall–Kier alpha value is -0.800. The van der Waals surface area contributed by atoms with Gasteiger partial charge in [0.25, 0.3) is 0 Å². The minimum Gasteiger partial charge on any atom is -0.393 e. The molecule has 0 aromatic carbocycles. The molecule has 16 aliphatic carbocycles. The monoisotopic (exact) mass is 1830 g/mol. The number of aliphatic hydroxyl groups is 15. The molecule has 20 nitrogen and oxygen atoms in total. The lowest BCUT2D eigenvalue weighted by molar-refractivity contribution is -0.0874. The van der Waals surface area contributed by atoms with E-state index in [0.717, 1.165) is 212 Å². The zero-order chi connectivity index (χ0) is 92.4. The molecule has 0 saturated heterocycles. The predicted molar refractivity (Wildman–Crippen MR) is 514 cm³/mol. The molecular formula is C109H202O20. The Morgan fingerprint density at radius 3 is 0.682 bits per heavy atom. The Kier molecular flexibility index (Phi) is 54.1. The zero-order valence-corrected chi connectivity index (χ0v) is 82.6. The van der Waals surface area contributed by atoms with Crippen molar-refractivity contribution in [2.75, 3.05) is 35.5 Å². The molecule has 16 aliphatic rings. The summed E-state index contributed by atoms with van der Waals surface area (Å²) in [6, 6.07) is 0. The molecule has 16 fully saturated rings. The smallest absolute Gasteiger partial charge is 0.0648 e. The largest absolute Gasteiger partial charge is 0.393 e. The van der Waals surface area contributed by atoms with Crippen molar-refractivity contribution in [2.24, 2.45) is 94.7 Å². The van der Waals surface area contributed by atoms with E-state index in [9.17, 15) is 76.6 Å². The highest BCUT2D eigenvalue weighted by atomic mass is 16.5. The molecule has 129 heavy (non-hydrogen) atoms. The minimum absolute atomic E-state index is 0.00787. The second-order valence-electron chi connectivity index (χ2n) is 45.1. The van der Waals surface area contributed by atoms with Gasteiger partial charge in [0.2, 0.25) is 0 Å². The van der Waals surface area contributed by atoms with Crippen LogP contribution in [0.5, 0.6) is 0 Å². The lowest BCUT2D eigenvalue weighted by Crippen LogP contribution is -2.43. The molecule has 16 saturated carbocycles. The highest BCUT2D eigenvalue weighted by Crippen LogP contribution is 2.46. The normalized spacial score (nSPS) is 37.4. The van der Waals surface area contributed by atoms with Gasteiger partial charge in [0.1, 0.15) is 0 Å². The van der Waals surface area contributed by atoms with Crippen LogP contribution < -0.4 is 0 Å². The average molecular weight is 1830 g/mol. The molecule has 758 valence electrons. The minimum atomic E-state index is -0.513. The van der Waals surface area contributed by atoms with E-state index in [0.29, 0.717) is 103 Å². The molecule has 0 aliphatic heterocycles. The standard InChI is InChI=1S/3C14H26O3.2C14H26O2.C13H24O3.2C13H24O2/c1-17-11-8-6-10(7-9-11)14(16)12-4-2-3-5-13(12)15;1-17-11-7-8-12(13(15)9-11)14(16)10-5-3-2-4-6-10;1-17-13-9-11(15)7-8-12(13)14(16)10-5-3-2-4-6-10;1-16-13-10-6-5-9-12(13)14(15)11-7-3-2-4-8-11;1-16-13-9-7-12(8-10-13)14(15)11-5-3-2-4-6-11;14-10-6-7-11(12(15)8-10)13(16)9-4-2-1-3-5-9;14-12-9-5-4-8-11(12)13(15)10-6-2-1-3-7-10;14-12-8-6-11(7-9-12)13(15)10-4-2-1-3-5-10/h3*10-16H,2-9H2,1H3;2*11-15H,2-10H2,1H3;9-16H,1-8H2;2*10-15H,1-9H2. The van der Waals surface area contributed by atoms with E-state index < -0.39 is 6.10 Å². The zero-order valence-electron chi connectivity index (χ0n) is 82.6. The fraction of sp³-hybridized carbons (Fsp3) is 1.00. The van der Waals surface area contributed by atoms with Gasteiger partial charge < -0.3 is 100 Å². The van der Waals surface area contributed by atoms with Crippen LogP contribution in [0.25, 0.3) is 0 Å². The molecular weight excluding hydrogens is 1630 g/mol. The Balaban J connectivity index is 0.000000166. The Morgan fingerprint density at radius 1 is 0.155 bits per heavy atom. The van der Waals surface area contributed by atoms with Gasteiger partial charge in [-0.2, -0.15) is 0 Å². The molecule has 15 N–H and O–H groups in total. The summed E-state index contributed by atoms with van der Waals surface area (Å²) in [7, 11) is 8.78. The van der Waals surface area contributed by atoms with E-state index in [2.05, 4.69) is 0 Å². The van der Waals surface area contributed by atoms with Crippen LogP contribution in [0.4, 0.5) is 0 Å². The van der Waals surface area contributed by atoms with E-state index in [1.54, 1.807) is 28.4 Å². The number of hydrogen-bond acceptors (Lipinski definition) is 20. The third-order valence-corrected chi connectivity index (χ3v) is 36.6. The topological polar surface area (TPSA) is 350 Å². The molecule has 16 rings (SSSR count). The third-order valence-electron chi connectivity index (χ3n) is 36.6. The van der Waals surface area contributed by atoms with Crippen molar-refractivity contribution in [1.29, 1.82) is 0 Å². The molecule has 23 unspecified atom stereocenters. The van der Waals surface area contributed by atoms with Gasteiger partial charge in [-0.1, -0.05) is 173 Å². The van der Waals surface area contributed by atoms with E-state index >= 15 is 0 Å². The van der Waals surface area contributed by atoms with Gasteiger partial charge >= 0.3 is 0 Å². The summed E-state index contributed by atoms with van der Waals surface area (Å²) in [5.41, 5.74) is 0. The van der Waals surface area contributed by atoms with Crippen LogP contribution in [-0.4, -0.2) is 234 Å². The highest BCUT2D eigenvalue weighted by molar-refractivity contribution is 4.95. The fourth-order valence-corrected chi connectivity index (χ4v) is 27.9. The maximum absolute atomic E-state index is 10.5. The van der Waals surface area contributed by atoms with Gasteiger partial charge in [-0.3, -0.25) is 0 Å². The molecule has 0 aromatic heterocycles. The van der Waals surface area contributed by atoms with Crippen LogP contribution in [0.15, 0.2) is 0 Å². The first-order chi connectivity index (χ1) is 62.5. The average Bonchev–Trinajstić information content (AvgIpc) is 0.920. The van der Waals surface area contributed by atoms with Gasteiger partial charge in [0, 0.05) is 71.1 Å². The van der Waals surface area contributed by atoms with E-state index in [4.69, 9.17) is 23.7 Å². The van der Waals surface area contributed by atoms with Crippen molar-refractivity contribution >= 4 is 0 Å². The quantitative estimate of drug-likeness (QED) is 0.0507. The van der Waals surface area contributed by atoms with Crippen molar-refractivity contribution in [3.63, 3.8) is 0 Å². The van der Waals surface area contributed by atoms with Gasteiger partial charge in [-0.25, -0.2) is 0 Å². The van der Waals surface area contributed by atoms with E-state index in [1.807, 2.05) is 7.11 Å². The van der Waals surface area contributed by atoms with Crippen LogP contribution in [-0.2, 0) is 23.7 Å². The second kappa shape index (κ2) is 62.4. The maximum Gasteiger partial charge on any atom is 0.0648 e. The molecule has 0 heterocycles. The van der Waals surface area contributed by atoms with Crippen LogP contribution >= 0.6 is 0 Å². The van der Waals surface area contributed by atoms with Crippen molar-refractivity contribution in [3.8, 4) is 0 Å². The van der Waals surface area contributed by atoms with Gasteiger partial charge in [0.15, 0.2) is 0 Å². The summed E-state index contributed by atoms with van der Waals surface area (Å²) >= 11 is 0. The number of aliphatic hydroxyl groups excluding tert-OH is 15. The van der Waals surface area contributed by atoms with Crippen LogP contribution in [0.2, 0.25) is 0 Å². The number of methoxy groups -OCH3 is 5. The molecule has 0 radical (unpaired) electrons. The van der Waals surface area contributed by atoms with Crippen LogP contribution in [0.3, 0.4) is 0 Å². The molecule has 0 amide bonds. The first-order valence-electron chi connectivity index (χ1n) is 55.4. The van der Waals surface area contributed by atoms with Gasteiger partial charge in [-0.15, -0.1) is 0 Å². The number of ether oxygens (including phenoxy) is 5. The number of rotatable bonds is 21. The molecule has 0 bridgehead atoms. The van der Waals surface area contributed by atoms with E-state index in [-0.39, 0.29) is 127 Å². The van der Waals surface area contributed by atoms with Gasteiger partial charge in [-0.05, 0) is 322 Å². The molecule has 20 heteroatoms. The van der Waals surface area contributed by atoms with Crippen molar-refractivity contribution in [3.05, 3.63) is 0 Å². The second-order valence-corrected chi connectivity index (χ2v) is 45.1. The lowest BCUT2D eigenvalue weighted by Gasteiger charge is -2.39. The Labute approximate surface area is 785 Å². The lowest BCUT2D eigenvalue weighted by atomic mass is 9.73. The van der Waals surface area contributed by atoms with Gasteiger partial charge in [0.05, 0.1) is 122 Å². The Bertz CT molecular complexity index is 2730. The summed E-state index contributed by atoms with van der Waals surface area (Å²) in [4.78, 5) is 0. The van der Waals surface area contributed by atoms with Crippen molar-refractivity contribution in [1.82, 2.24) is 0 Å². The number of hydrogen-bond donors (Lipinski definition) is 15. The van der Waals surface area contributed by atoms with Crippen LogP contribution in [0, 0.1) is 94.7 Å². The highest BCUT2D eigenvalue weighted by Gasteiger charge is 2.44. The van der Waals surface area contributed by atoms with Crippen molar-refractivity contribution < 1.29 is 100 Å². The predicted octanol–water partition coefficient (Wildman–Crippen LogP) is 19.0. The first-order valence-corrected chi connectivity index (χ1v) is 55.4. The summed E-state index contributed by atoms with van der Waals surface area (Å²) in [5.74, 6) is 5.81. The van der Waals surface area contributed by atoms with E-state index in [1.165, 1.54) is 205 Å².